The summed E-state index contributed by atoms with van der Waals surface area (Å²) in [5.74, 6) is -1.75. The number of aliphatic carboxylic acids is 1. The molecule has 3 saturated carbocycles. The number of ether oxygens (including phenoxy) is 1. The number of nitrogens with one attached hydrogen (secondary N) is 2. The molecule has 0 bridgehead atoms. The predicted molar refractivity (Wildman–Crippen MR) is 177 cm³/mol. The Morgan fingerprint density at radius 3 is 2.38 bits per heavy atom. The summed E-state index contributed by atoms with van der Waals surface area (Å²) >= 11 is 0. The Morgan fingerprint density at radius 1 is 0.938 bits per heavy atom. The van der Waals surface area contributed by atoms with Gasteiger partial charge in [-0.2, -0.15) is 0 Å². The molecule has 3 fully saturated rings. The highest BCUT2D eigenvalue weighted by atomic mass is 16.5. The number of carboxylic acid groups (broad SMARTS) is 1. The molecule has 4 aliphatic rings. The van der Waals surface area contributed by atoms with Crippen molar-refractivity contribution in [1.29, 1.82) is 0 Å². The number of carboxylic acids is 1. The van der Waals surface area contributed by atoms with Gasteiger partial charge in [-0.25, -0.2) is 4.79 Å². The first-order valence-corrected chi connectivity index (χ1v) is 18.1. The van der Waals surface area contributed by atoms with Gasteiger partial charge in [0.15, 0.2) is 12.4 Å². The van der Waals surface area contributed by atoms with E-state index in [4.69, 9.17) is 4.74 Å². The van der Waals surface area contributed by atoms with Crippen LogP contribution in [-0.4, -0.2) is 70.3 Å². The maximum atomic E-state index is 13.4. The molecular weight excluding hydrogens is 616 g/mol. The van der Waals surface area contributed by atoms with Gasteiger partial charge < -0.3 is 25.6 Å². The van der Waals surface area contributed by atoms with E-state index in [1.54, 1.807) is 6.92 Å². The van der Waals surface area contributed by atoms with Crippen LogP contribution in [0.15, 0.2) is 11.6 Å². The summed E-state index contributed by atoms with van der Waals surface area (Å²) in [5.41, 5.74) is -0.879. The molecule has 0 aromatic carbocycles. The van der Waals surface area contributed by atoms with Gasteiger partial charge in [-0.1, -0.05) is 46.1 Å². The number of fused-ring (bicyclic) bond motifs is 5. The number of carbonyl (C=O) groups is 6. The molecule has 4 N–H and O–H groups in total. The molecule has 0 heterocycles. The smallest absolute Gasteiger partial charge is 0.326 e. The van der Waals surface area contributed by atoms with Crippen LogP contribution >= 0.6 is 0 Å². The van der Waals surface area contributed by atoms with Gasteiger partial charge in [0.1, 0.15) is 11.6 Å². The minimum atomic E-state index is -1.56. The Bertz CT molecular complexity index is 1300. The topological polar surface area (TPSA) is 176 Å². The summed E-state index contributed by atoms with van der Waals surface area (Å²) in [6.07, 6.45) is 10.3. The van der Waals surface area contributed by atoms with Gasteiger partial charge in [0.2, 0.25) is 17.6 Å². The highest BCUT2D eigenvalue weighted by Crippen LogP contribution is 2.67. The van der Waals surface area contributed by atoms with Crippen LogP contribution in [0.3, 0.4) is 0 Å². The molecule has 0 saturated heterocycles. The molecule has 8 atom stereocenters. The number of ketones is 2. The van der Waals surface area contributed by atoms with Crippen molar-refractivity contribution in [3.8, 4) is 0 Å². The summed E-state index contributed by atoms with van der Waals surface area (Å²) in [4.78, 5) is 73.7. The molecule has 0 spiro atoms. The Balaban J connectivity index is 1.14. The SMILES string of the molecule is CCC(C)C(NC(=O)CCCCCNC(=O)CCC(=O)OCC(=O)C1(O)CCC2C3CCC4=CC(=O)CCC4(C)C3CCC21C)C(=O)O. The van der Waals surface area contributed by atoms with E-state index in [9.17, 15) is 39.0 Å². The lowest BCUT2D eigenvalue weighted by Crippen LogP contribution is -2.58. The van der Waals surface area contributed by atoms with Gasteiger partial charge in [-0.05, 0) is 93.0 Å². The van der Waals surface area contributed by atoms with Crippen molar-refractivity contribution in [2.75, 3.05) is 13.2 Å². The lowest BCUT2D eigenvalue weighted by atomic mass is 9.46. The molecule has 0 aliphatic heterocycles. The number of amides is 2. The maximum Gasteiger partial charge on any atom is 0.326 e. The number of hydrogen-bond acceptors (Lipinski definition) is 8. The molecule has 0 aromatic rings. The Labute approximate surface area is 284 Å². The third kappa shape index (κ3) is 7.87. The van der Waals surface area contributed by atoms with Gasteiger partial charge in [-0.3, -0.25) is 24.0 Å². The Kier molecular flexibility index (Phi) is 12.3. The van der Waals surface area contributed by atoms with Crippen LogP contribution in [0.5, 0.6) is 0 Å². The summed E-state index contributed by atoms with van der Waals surface area (Å²) < 4.78 is 5.26. The Morgan fingerprint density at radius 2 is 1.67 bits per heavy atom. The normalized spacial score (nSPS) is 32.1. The van der Waals surface area contributed by atoms with Crippen molar-refractivity contribution in [2.24, 2.45) is 34.5 Å². The minimum Gasteiger partial charge on any atom is -0.480 e. The Hall–Kier alpha value is -3.08. The van der Waals surface area contributed by atoms with Crippen molar-refractivity contribution < 1.29 is 43.7 Å². The van der Waals surface area contributed by atoms with Crippen LogP contribution in [-0.2, 0) is 33.5 Å². The first-order valence-electron chi connectivity index (χ1n) is 18.1. The van der Waals surface area contributed by atoms with E-state index < -0.39 is 41.4 Å². The molecule has 2 amide bonds. The van der Waals surface area contributed by atoms with E-state index in [2.05, 4.69) is 17.6 Å². The van der Waals surface area contributed by atoms with Gasteiger partial charge in [0.05, 0.1) is 6.42 Å². The average Bonchev–Trinajstić information content (AvgIpc) is 3.33. The largest absolute Gasteiger partial charge is 0.480 e. The molecule has 0 aromatic heterocycles. The van der Waals surface area contributed by atoms with Gasteiger partial charge in [0, 0.05) is 31.2 Å². The number of rotatable bonds is 16. The summed E-state index contributed by atoms with van der Waals surface area (Å²) in [6.45, 7) is 7.85. The maximum absolute atomic E-state index is 13.4. The van der Waals surface area contributed by atoms with Crippen LogP contribution in [0.2, 0.25) is 0 Å². The van der Waals surface area contributed by atoms with Crippen LogP contribution in [0.25, 0.3) is 0 Å². The van der Waals surface area contributed by atoms with E-state index >= 15 is 0 Å². The molecule has 8 unspecified atom stereocenters. The monoisotopic (exact) mass is 672 g/mol. The number of carbonyl (C=O) groups excluding carboxylic acids is 5. The second-order valence-corrected chi connectivity index (χ2v) is 15.3. The zero-order valence-electron chi connectivity index (χ0n) is 29.2. The first-order chi connectivity index (χ1) is 22.7. The molecule has 4 rings (SSSR count). The zero-order valence-corrected chi connectivity index (χ0v) is 29.2. The van der Waals surface area contributed by atoms with Crippen molar-refractivity contribution in [2.45, 2.75) is 136 Å². The second kappa shape index (κ2) is 15.6. The highest BCUT2D eigenvalue weighted by Gasteiger charge is 2.66. The standard InChI is InChI=1S/C37H56N2O9/c1-5-23(2)33(34(45)46)39-31(43)9-7-6-8-20-38-30(42)12-13-32(44)48-22-29(41)37(47)19-16-28-26-11-10-24-21-25(40)14-17-35(24,3)27(26)15-18-36(28,37)4/h21,23,26-28,33,47H,5-20,22H2,1-4H3,(H,38,42)(H,39,43)(H,45,46). The number of Topliss-reactive ketones (excluding diaryl/α,β-unsaturated/α-hetero) is 1. The number of esters is 1. The van der Waals surface area contributed by atoms with E-state index in [0.29, 0.717) is 63.3 Å². The van der Waals surface area contributed by atoms with Crippen molar-refractivity contribution in [3.05, 3.63) is 11.6 Å². The molecule has 4 aliphatic carbocycles. The number of allylic oxidation sites excluding steroid dienone is 1. The summed E-state index contributed by atoms with van der Waals surface area (Å²) in [6, 6.07) is -0.904. The molecule has 11 nitrogen and oxygen atoms in total. The minimum absolute atomic E-state index is 0.00454. The zero-order chi connectivity index (χ0) is 35.3. The molecule has 11 heteroatoms. The lowest BCUT2D eigenvalue weighted by Gasteiger charge is -2.58. The molecule has 48 heavy (non-hydrogen) atoms. The average molecular weight is 673 g/mol. The van der Waals surface area contributed by atoms with Crippen LogP contribution in [0.1, 0.15) is 124 Å². The lowest BCUT2D eigenvalue weighted by molar-refractivity contribution is -0.170. The summed E-state index contributed by atoms with van der Waals surface area (Å²) in [7, 11) is 0. The fraction of sp³-hybridized carbons (Fsp3) is 0.784. The third-order valence-electron chi connectivity index (χ3n) is 12.7. The van der Waals surface area contributed by atoms with Crippen LogP contribution in [0.4, 0.5) is 0 Å². The third-order valence-corrected chi connectivity index (χ3v) is 12.7. The second-order valence-electron chi connectivity index (χ2n) is 15.3. The van der Waals surface area contributed by atoms with Crippen LogP contribution in [0, 0.1) is 34.5 Å². The predicted octanol–water partition coefficient (Wildman–Crippen LogP) is 4.43. The van der Waals surface area contributed by atoms with Crippen molar-refractivity contribution in [1.82, 2.24) is 10.6 Å². The quantitative estimate of drug-likeness (QED) is 0.136. The highest BCUT2D eigenvalue weighted by molar-refractivity contribution is 5.92. The fourth-order valence-electron chi connectivity index (χ4n) is 9.42. The van der Waals surface area contributed by atoms with Gasteiger partial charge in [0.25, 0.3) is 0 Å². The van der Waals surface area contributed by atoms with Gasteiger partial charge >= 0.3 is 11.9 Å². The van der Waals surface area contributed by atoms with Crippen molar-refractivity contribution in [3.63, 3.8) is 0 Å². The summed E-state index contributed by atoms with van der Waals surface area (Å²) in [5, 5.41) is 26.5. The molecular formula is C37H56N2O9. The number of hydrogen-bond donors (Lipinski definition) is 4. The van der Waals surface area contributed by atoms with E-state index in [1.165, 1.54) is 5.57 Å². The van der Waals surface area contributed by atoms with Crippen LogP contribution < -0.4 is 10.6 Å². The number of unbranched alkanes of at least 4 members (excludes halogenated alkanes) is 2. The molecule has 0 radical (unpaired) electrons. The van der Waals surface area contributed by atoms with Gasteiger partial charge in [-0.15, -0.1) is 0 Å². The first kappa shape index (κ1) is 37.7. The van der Waals surface area contributed by atoms with E-state index in [0.717, 1.165) is 32.1 Å². The fourth-order valence-corrected chi connectivity index (χ4v) is 9.42. The van der Waals surface area contributed by atoms with Crippen molar-refractivity contribution >= 4 is 35.3 Å². The van der Waals surface area contributed by atoms with E-state index in [1.807, 2.05) is 19.9 Å². The van der Waals surface area contributed by atoms with E-state index in [-0.39, 0.29) is 54.1 Å². The number of aliphatic hydroxyl groups is 1. The molecule has 268 valence electrons.